The van der Waals surface area contributed by atoms with E-state index in [1.54, 1.807) is 24.3 Å². The van der Waals surface area contributed by atoms with Crippen LogP contribution in [-0.4, -0.2) is 124 Å². The van der Waals surface area contributed by atoms with Crippen molar-refractivity contribution in [3.05, 3.63) is 57.6 Å². The highest BCUT2D eigenvalue weighted by Crippen LogP contribution is 2.41. The third-order valence-corrected chi connectivity index (χ3v) is 12.5. The Morgan fingerprint density at radius 2 is 1.05 bits per heavy atom. The molecule has 8 aliphatic rings. The van der Waals surface area contributed by atoms with E-state index in [0.717, 1.165) is 77.1 Å². The third-order valence-electron chi connectivity index (χ3n) is 12.0. The number of nitrogens with one attached hydrogen (secondary N) is 2. The molecule has 10 rings (SSSR count). The summed E-state index contributed by atoms with van der Waals surface area (Å²) >= 11 is 13.0. The van der Waals surface area contributed by atoms with E-state index < -0.39 is 24.5 Å². The van der Waals surface area contributed by atoms with Crippen molar-refractivity contribution in [1.29, 1.82) is 0 Å². The summed E-state index contributed by atoms with van der Waals surface area (Å²) in [6.07, 6.45) is 3.96. The molecule has 14 nitrogen and oxygen atoms in total. The summed E-state index contributed by atoms with van der Waals surface area (Å²) in [6, 6.07) is 6.66. The standard InChI is InChI=1S/C40H48Cl2N6O8/c1-3-47-21-35(55-37-27(15-25(41)17-31(37)47)39(51)43-29-19-45-11-7-23(29)8-12-45)53-33(49)5-6-34(50)54-36-22-48(4-2)32-18-26(42)16-28(38(32)56-36)40(52)44-30-20-46-13-9-24(30)10-14-46/h5-6,15-18,23-24,29-30,35-36H,3-4,7-14,19-22H2,1-2H3,(H,43,51)(H,44,52)/b6-5+. The van der Waals surface area contributed by atoms with Gasteiger partial charge in [-0.15, -0.1) is 0 Å². The number of ether oxygens (including phenoxy) is 4. The van der Waals surface area contributed by atoms with Gasteiger partial charge in [-0.1, -0.05) is 23.2 Å². The first-order valence-electron chi connectivity index (χ1n) is 19.7. The van der Waals surface area contributed by atoms with Crippen molar-refractivity contribution in [3.63, 3.8) is 0 Å². The van der Waals surface area contributed by atoms with Gasteiger partial charge in [-0.25, -0.2) is 9.59 Å². The van der Waals surface area contributed by atoms with E-state index >= 15 is 0 Å². The van der Waals surface area contributed by atoms with Crippen molar-refractivity contribution < 1.29 is 38.1 Å². The molecule has 0 aliphatic carbocycles. The predicted molar refractivity (Wildman–Crippen MR) is 210 cm³/mol. The molecule has 8 heterocycles. The van der Waals surface area contributed by atoms with Crippen molar-refractivity contribution in [2.24, 2.45) is 11.8 Å². The lowest BCUT2D eigenvalue weighted by Gasteiger charge is -2.45. The number of anilines is 2. The van der Waals surface area contributed by atoms with Gasteiger partial charge in [-0.3, -0.25) is 9.59 Å². The van der Waals surface area contributed by atoms with Gasteiger partial charge < -0.3 is 49.2 Å². The number of rotatable bonds is 10. The van der Waals surface area contributed by atoms with Crippen molar-refractivity contribution in [3.8, 4) is 11.5 Å². The summed E-state index contributed by atoms with van der Waals surface area (Å²) < 4.78 is 23.5. The lowest BCUT2D eigenvalue weighted by atomic mass is 9.84. The Bertz CT molecular complexity index is 1760. The Morgan fingerprint density at radius 3 is 1.39 bits per heavy atom. The molecular weight excluding hydrogens is 763 g/mol. The molecule has 16 heteroatoms. The molecule has 6 fully saturated rings. The zero-order chi connectivity index (χ0) is 39.1. The van der Waals surface area contributed by atoms with Crippen LogP contribution in [-0.2, 0) is 19.1 Å². The molecule has 4 atom stereocenters. The van der Waals surface area contributed by atoms with Gasteiger partial charge in [0, 0.05) is 60.5 Å². The van der Waals surface area contributed by atoms with Crippen molar-refractivity contribution in [2.75, 3.05) is 75.2 Å². The van der Waals surface area contributed by atoms with Crippen LogP contribution in [0.4, 0.5) is 11.4 Å². The number of piperidine rings is 6. The minimum Gasteiger partial charge on any atom is -0.450 e. The number of esters is 2. The predicted octanol–water partition coefficient (Wildman–Crippen LogP) is 4.07. The van der Waals surface area contributed by atoms with E-state index in [2.05, 4.69) is 20.4 Å². The van der Waals surface area contributed by atoms with Gasteiger partial charge in [0.2, 0.25) is 0 Å². The van der Waals surface area contributed by atoms with Gasteiger partial charge in [-0.05, 0) is 102 Å². The smallest absolute Gasteiger partial charge is 0.334 e. The molecule has 8 aliphatic heterocycles. The fraction of sp³-hybridized carbons (Fsp3) is 0.550. The highest BCUT2D eigenvalue weighted by molar-refractivity contribution is 6.32. The summed E-state index contributed by atoms with van der Waals surface area (Å²) in [5.74, 6) is -0.886. The van der Waals surface area contributed by atoms with E-state index in [9.17, 15) is 19.2 Å². The van der Waals surface area contributed by atoms with Crippen molar-refractivity contribution >= 4 is 58.3 Å². The highest BCUT2D eigenvalue weighted by atomic mass is 35.5. The molecule has 0 aromatic heterocycles. The molecule has 4 bridgehead atoms. The topological polar surface area (TPSA) is 142 Å². The van der Waals surface area contributed by atoms with Crippen molar-refractivity contribution in [1.82, 2.24) is 20.4 Å². The number of likely N-dealkylation sites (N-methyl/N-ethyl adjacent to an activating group) is 2. The molecule has 56 heavy (non-hydrogen) atoms. The molecule has 0 radical (unpaired) electrons. The molecule has 2 N–H and O–H groups in total. The first-order valence-corrected chi connectivity index (χ1v) is 20.5. The summed E-state index contributed by atoms with van der Waals surface area (Å²) in [6.45, 7) is 11.1. The Balaban J connectivity index is 0.906. The van der Waals surface area contributed by atoms with Gasteiger partial charge in [0.25, 0.3) is 24.4 Å². The van der Waals surface area contributed by atoms with E-state index in [0.29, 0.717) is 46.3 Å². The number of nitrogens with zero attached hydrogens (tertiary/aromatic N) is 4. The zero-order valence-corrected chi connectivity index (χ0v) is 33.2. The molecule has 0 saturated carbocycles. The second-order valence-electron chi connectivity index (χ2n) is 15.4. The number of halogens is 2. The quantitative estimate of drug-likeness (QED) is 0.264. The Morgan fingerprint density at radius 1 is 0.661 bits per heavy atom. The van der Waals surface area contributed by atoms with Gasteiger partial charge in [0.1, 0.15) is 0 Å². The van der Waals surface area contributed by atoms with Gasteiger partial charge in [0.05, 0.1) is 35.6 Å². The highest BCUT2D eigenvalue weighted by Gasteiger charge is 2.39. The minimum absolute atomic E-state index is 0.0303. The molecule has 2 aromatic carbocycles. The number of amides is 2. The lowest BCUT2D eigenvalue weighted by Crippen LogP contribution is -2.57. The first kappa shape index (κ1) is 38.6. The number of hydrogen-bond donors (Lipinski definition) is 2. The van der Waals surface area contributed by atoms with Crippen LogP contribution in [0, 0.1) is 11.8 Å². The average molecular weight is 812 g/mol. The second-order valence-corrected chi connectivity index (χ2v) is 16.3. The first-order chi connectivity index (χ1) is 27.0. The number of carbonyl (C=O) groups is 4. The molecular formula is C40H48Cl2N6O8. The van der Waals surface area contributed by atoms with Crippen LogP contribution in [0.1, 0.15) is 60.2 Å². The monoisotopic (exact) mass is 810 g/mol. The Hall–Kier alpha value is -4.24. The SMILES string of the molecule is CCN1CC(OC(=O)/C=C/C(=O)OC2CN(CC)c3cc(Cl)cc(C(=O)NC4CN5CCC4CC5)c3O2)Oc2c(C(=O)NC3CN4CCC3CC4)cc(Cl)cc21. The van der Waals surface area contributed by atoms with Crippen LogP contribution in [0.25, 0.3) is 0 Å². The van der Waals surface area contributed by atoms with Gasteiger partial charge >= 0.3 is 11.9 Å². The second kappa shape index (κ2) is 16.3. The average Bonchev–Trinajstić information content (AvgIpc) is 3.20. The van der Waals surface area contributed by atoms with E-state index in [-0.39, 0.29) is 59.6 Å². The van der Waals surface area contributed by atoms with Gasteiger partial charge in [0.15, 0.2) is 11.5 Å². The Labute approximate surface area is 336 Å². The molecule has 2 aromatic rings. The van der Waals surface area contributed by atoms with Gasteiger partial charge in [-0.2, -0.15) is 0 Å². The normalized spacial score (nSPS) is 28.8. The molecule has 2 amide bonds. The molecule has 4 unspecified atom stereocenters. The van der Waals surface area contributed by atoms with Crippen LogP contribution in [0.15, 0.2) is 36.4 Å². The van der Waals surface area contributed by atoms with E-state index in [1.807, 2.05) is 23.6 Å². The fourth-order valence-electron chi connectivity index (χ4n) is 9.05. The maximum Gasteiger partial charge on any atom is 0.334 e. The van der Waals surface area contributed by atoms with Crippen LogP contribution >= 0.6 is 23.2 Å². The van der Waals surface area contributed by atoms with E-state index in [1.165, 1.54) is 0 Å². The van der Waals surface area contributed by atoms with Crippen molar-refractivity contribution in [2.45, 2.75) is 64.2 Å². The summed E-state index contributed by atoms with van der Waals surface area (Å²) in [5.41, 5.74) is 1.78. The lowest BCUT2D eigenvalue weighted by molar-refractivity contribution is -0.160. The fourth-order valence-corrected chi connectivity index (χ4v) is 9.48. The molecule has 300 valence electrons. The number of benzene rings is 2. The van der Waals surface area contributed by atoms with Crippen LogP contribution in [0.3, 0.4) is 0 Å². The summed E-state index contributed by atoms with van der Waals surface area (Å²) in [5, 5.41) is 7.17. The Kier molecular flexibility index (Phi) is 11.3. The zero-order valence-electron chi connectivity index (χ0n) is 31.6. The minimum atomic E-state index is -1.08. The largest absolute Gasteiger partial charge is 0.450 e. The molecule has 0 spiro atoms. The molecule has 6 saturated heterocycles. The van der Waals surface area contributed by atoms with Crippen LogP contribution in [0.5, 0.6) is 11.5 Å². The maximum absolute atomic E-state index is 13.7. The maximum atomic E-state index is 13.7. The van der Waals surface area contributed by atoms with Crippen LogP contribution in [0.2, 0.25) is 10.0 Å². The number of carbonyl (C=O) groups excluding carboxylic acids is 4. The summed E-state index contributed by atoms with van der Waals surface area (Å²) in [4.78, 5) is 61.9. The van der Waals surface area contributed by atoms with E-state index in [4.69, 9.17) is 42.1 Å². The number of hydrogen-bond acceptors (Lipinski definition) is 12. The van der Waals surface area contributed by atoms with Crippen LogP contribution < -0.4 is 29.9 Å². The number of fused-ring (bicyclic) bond motifs is 8. The third kappa shape index (κ3) is 8.11. The summed E-state index contributed by atoms with van der Waals surface area (Å²) in [7, 11) is 0.